The highest BCUT2D eigenvalue weighted by molar-refractivity contribution is 7.91. The van der Waals surface area contributed by atoms with E-state index in [0.717, 1.165) is 6.42 Å². The fourth-order valence-corrected chi connectivity index (χ4v) is 3.76. The number of hydrogen-bond acceptors (Lipinski definition) is 4. The minimum absolute atomic E-state index is 0.105. The van der Waals surface area contributed by atoms with Crippen molar-refractivity contribution in [3.8, 4) is 0 Å². The maximum absolute atomic E-state index is 11.3. The maximum atomic E-state index is 11.3. The van der Waals surface area contributed by atoms with Crippen molar-refractivity contribution in [2.45, 2.75) is 24.9 Å². The van der Waals surface area contributed by atoms with Gasteiger partial charge in [0.1, 0.15) is 6.04 Å². The maximum Gasteiger partial charge on any atom is 0.241 e. The van der Waals surface area contributed by atoms with Crippen LogP contribution in [-0.2, 0) is 14.6 Å². The number of carbonyl (C=O) groups excluding carboxylic acids is 1. The average Bonchev–Trinajstić information content (AvgIpc) is 2.12. The molecule has 0 aromatic heterocycles. The first-order valence-electron chi connectivity index (χ1n) is 4.76. The van der Waals surface area contributed by atoms with Crippen LogP contribution in [0.4, 0.5) is 0 Å². The summed E-state index contributed by atoms with van der Waals surface area (Å²) in [5.74, 6) is 0.273. The number of carbonyl (C=O) groups is 1. The molecule has 2 N–H and O–H groups in total. The van der Waals surface area contributed by atoms with Gasteiger partial charge in [0, 0.05) is 12.6 Å². The van der Waals surface area contributed by atoms with Crippen LogP contribution in [0.15, 0.2) is 0 Å². The number of rotatable bonds is 1. The monoisotopic (exact) mass is 218 g/mol. The highest BCUT2D eigenvalue weighted by atomic mass is 32.2. The molecule has 0 aromatic rings. The Labute approximate surface area is 83.2 Å². The molecule has 2 atom stereocenters. The van der Waals surface area contributed by atoms with E-state index in [9.17, 15) is 13.2 Å². The first-order valence-corrected chi connectivity index (χ1v) is 6.58. The summed E-state index contributed by atoms with van der Waals surface area (Å²) < 4.78 is 22.6. The number of hydrogen-bond donors (Lipinski definition) is 1. The van der Waals surface area contributed by atoms with Crippen LogP contribution in [0, 0.1) is 0 Å². The first-order chi connectivity index (χ1) is 6.49. The largest absolute Gasteiger partial charge is 0.335 e. The molecule has 2 aliphatic heterocycles. The van der Waals surface area contributed by atoms with Crippen molar-refractivity contribution in [1.82, 2.24) is 4.90 Å². The minimum atomic E-state index is -2.93. The number of amides is 1. The first kappa shape index (κ1) is 9.92. The second kappa shape index (κ2) is 3.20. The molecule has 0 bridgehead atoms. The molecule has 2 rings (SSSR count). The second-order valence-electron chi connectivity index (χ2n) is 4.01. The topological polar surface area (TPSA) is 80.5 Å². The number of sulfone groups is 1. The van der Waals surface area contributed by atoms with E-state index in [0.29, 0.717) is 13.0 Å². The van der Waals surface area contributed by atoms with Gasteiger partial charge in [-0.2, -0.15) is 0 Å². The smallest absolute Gasteiger partial charge is 0.241 e. The lowest BCUT2D eigenvalue weighted by Crippen LogP contribution is -2.65. The van der Waals surface area contributed by atoms with Crippen LogP contribution < -0.4 is 5.73 Å². The van der Waals surface area contributed by atoms with Gasteiger partial charge < -0.3 is 10.6 Å². The highest BCUT2D eigenvalue weighted by Crippen LogP contribution is 2.22. The lowest BCUT2D eigenvalue weighted by molar-refractivity contribution is -0.145. The van der Waals surface area contributed by atoms with Gasteiger partial charge in [0.25, 0.3) is 0 Å². The van der Waals surface area contributed by atoms with Crippen molar-refractivity contribution in [1.29, 1.82) is 0 Å². The molecule has 0 spiro atoms. The van der Waals surface area contributed by atoms with Gasteiger partial charge >= 0.3 is 0 Å². The van der Waals surface area contributed by atoms with E-state index in [1.54, 1.807) is 4.90 Å². The summed E-state index contributed by atoms with van der Waals surface area (Å²) in [6.07, 6.45) is 1.45. The van der Waals surface area contributed by atoms with E-state index in [4.69, 9.17) is 5.73 Å². The average molecular weight is 218 g/mol. The van der Waals surface area contributed by atoms with Gasteiger partial charge in [0.2, 0.25) is 5.91 Å². The van der Waals surface area contributed by atoms with Crippen LogP contribution in [0.2, 0.25) is 0 Å². The molecule has 0 aliphatic carbocycles. The van der Waals surface area contributed by atoms with E-state index in [-0.39, 0.29) is 23.5 Å². The molecule has 2 aliphatic rings. The molecule has 0 saturated carbocycles. The molecule has 2 heterocycles. The normalized spacial score (nSPS) is 36.6. The van der Waals surface area contributed by atoms with Gasteiger partial charge in [-0.3, -0.25) is 4.79 Å². The van der Waals surface area contributed by atoms with Gasteiger partial charge in [-0.15, -0.1) is 0 Å². The Morgan fingerprint density at radius 3 is 2.64 bits per heavy atom. The summed E-state index contributed by atoms with van der Waals surface area (Å²) in [4.78, 5) is 12.9. The number of β-lactam (4-membered cyclic amide) rings is 1. The predicted molar refractivity (Wildman–Crippen MR) is 51.4 cm³/mol. The molecule has 0 radical (unpaired) electrons. The third-order valence-corrected chi connectivity index (χ3v) is 4.68. The summed E-state index contributed by atoms with van der Waals surface area (Å²) >= 11 is 0. The third kappa shape index (κ3) is 1.64. The second-order valence-corrected chi connectivity index (χ2v) is 6.24. The lowest BCUT2D eigenvalue weighted by Gasteiger charge is -2.43. The van der Waals surface area contributed by atoms with Crippen molar-refractivity contribution >= 4 is 15.7 Å². The van der Waals surface area contributed by atoms with Gasteiger partial charge in [-0.1, -0.05) is 0 Å². The Kier molecular flexibility index (Phi) is 2.27. The molecule has 6 heteroatoms. The molecular formula is C8H14N2O3S. The van der Waals surface area contributed by atoms with E-state index >= 15 is 0 Å². The SMILES string of the molecule is NC1CN(C2CCCS(=O)(=O)C2)C1=O. The molecular weight excluding hydrogens is 204 g/mol. The highest BCUT2D eigenvalue weighted by Gasteiger charge is 2.41. The van der Waals surface area contributed by atoms with E-state index < -0.39 is 15.9 Å². The molecule has 1 amide bonds. The Bertz CT molecular complexity index is 352. The summed E-state index contributed by atoms with van der Waals surface area (Å²) in [6, 6.07) is -0.527. The Hall–Kier alpha value is -0.620. The van der Waals surface area contributed by atoms with E-state index in [1.165, 1.54) is 0 Å². The summed E-state index contributed by atoms with van der Waals surface area (Å²) in [5, 5.41) is 0. The van der Waals surface area contributed by atoms with Crippen LogP contribution in [0.25, 0.3) is 0 Å². The number of nitrogens with zero attached hydrogens (tertiary/aromatic N) is 1. The zero-order valence-electron chi connectivity index (χ0n) is 7.85. The number of nitrogens with two attached hydrogens (primary N) is 1. The van der Waals surface area contributed by atoms with Crippen molar-refractivity contribution in [3.05, 3.63) is 0 Å². The lowest BCUT2D eigenvalue weighted by atomic mass is 10.0. The van der Waals surface area contributed by atoms with Crippen molar-refractivity contribution in [3.63, 3.8) is 0 Å². The standard InChI is InChI=1S/C8H14N2O3S/c9-7-4-10(8(7)11)6-2-1-3-14(12,13)5-6/h6-7H,1-5,9H2. The molecule has 0 aromatic carbocycles. The number of likely N-dealkylation sites (tertiary alicyclic amines) is 1. The summed E-state index contributed by atoms with van der Waals surface area (Å²) in [6.45, 7) is 0.513. The molecule has 14 heavy (non-hydrogen) atoms. The van der Waals surface area contributed by atoms with Gasteiger partial charge in [0.15, 0.2) is 9.84 Å². The Morgan fingerprint density at radius 2 is 2.14 bits per heavy atom. The van der Waals surface area contributed by atoms with Crippen LogP contribution in [0.5, 0.6) is 0 Å². The fourth-order valence-electron chi connectivity index (χ4n) is 2.05. The molecule has 2 saturated heterocycles. The van der Waals surface area contributed by atoms with Crippen molar-refractivity contribution in [2.24, 2.45) is 5.73 Å². The predicted octanol–water partition coefficient (Wildman–Crippen LogP) is -1.27. The van der Waals surface area contributed by atoms with Crippen molar-refractivity contribution in [2.75, 3.05) is 18.1 Å². The zero-order valence-corrected chi connectivity index (χ0v) is 8.66. The minimum Gasteiger partial charge on any atom is -0.335 e. The van der Waals surface area contributed by atoms with Crippen LogP contribution >= 0.6 is 0 Å². The van der Waals surface area contributed by atoms with Crippen LogP contribution in [0.1, 0.15) is 12.8 Å². The molecule has 80 valence electrons. The Morgan fingerprint density at radius 1 is 1.43 bits per heavy atom. The third-order valence-electron chi connectivity index (χ3n) is 2.87. The Balaban J connectivity index is 2.03. The van der Waals surface area contributed by atoms with Gasteiger partial charge in [-0.25, -0.2) is 8.42 Å². The fraction of sp³-hybridized carbons (Fsp3) is 0.875. The molecule has 2 fully saturated rings. The van der Waals surface area contributed by atoms with Crippen LogP contribution in [0.3, 0.4) is 0 Å². The van der Waals surface area contributed by atoms with Gasteiger partial charge in [-0.05, 0) is 12.8 Å². The van der Waals surface area contributed by atoms with Gasteiger partial charge in [0.05, 0.1) is 11.5 Å². The molecule has 2 unspecified atom stereocenters. The summed E-state index contributed by atoms with van der Waals surface area (Å²) in [7, 11) is -2.93. The zero-order chi connectivity index (χ0) is 10.3. The van der Waals surface area contributed by atoms with Crippen molar-refractivity contribution < 1.29 is 13.2 Å². The summed E-state index contributed by atoms with van der Waals surface area (Å²) in [5.41, 5.74) is 5.45. The van der Waals surface area contributed by atoms with E-state index in [1.807, 2.05) is 0 Å². The van der Waals surface area contributed by atoms with Crippen LogP contribution in [-0.4, -0.2) is 49.4 Å². The van der Waals surface area contributed by atoms with E-state index in [2.05, 4.69) is 0 Å². The quantitative estimate of drug-likeness (QED) is 0.557. The molecule has 5 nitrogen and oxygen atoms in total.